The van der Waals surface area contributed by atoms with E-state index in [1.54, 1.807) is 0 Å². The third kappa shape index (κ3) is 3.84. The summed E-state index contributed by atoms with van der Waals surface area (Å²) in [5.41, 5.74) is 5.94. The molecule has 5 heteroatoms. The van der Waals surface area contributed by atoms with Crippen molar-refractivity contribution in [1.29, 1.82) is 0 Å². The van der Waals surface area contributed by atoms with Crippen LogP contribution in [0.1, 0.15) is 12.0 Å². The van der Waals surface area contributed by atoms with Crippen molar-refractivity contribution >= 4 is 59.4 Å². The van der Waals surface area contributed by atoms with Gasteiger partial charge in [-0.05, 0) is 77.5 Å². The number of benzene rings is 8. The summed E-state index contributed by atoms with van der Waals surface area (Å²) in [5.74, 6) is -2.41. The lowest BCUT2D eigenvalue weighted by Crippen LogP contribution is -1.95. The summed E-state index contributed by atoms with van der Waals surface area (Å²) in [4.78, 5) is 5.08. The van der Waals surface area contributed by atoms with Crippen molar-refractivity contribution in [2.75, 3.05) is 0 Å². The number of phenols is 4. The Labute approximate surface area is 280 Å². The molecular formula is C44H27NO4. The SMILES string of the molecule is Oc1c(O)c(O)c(-c2c3ccccc3c(-c3ccc(-c4ccc5ccc6cccc7ccc4c5c67)cn3)c3ccccc23)c(C2=CC2)c1O. The van der Waals surface area contributed by atoms with Crippen LogP contribution in [0.5, 0.6) is 23.0 Å². The molecule has 0 radical (unpaired) electrons. The average Bonchev–Trinajstić information content (AvgIpc) is 3.99. The zero-order valence-corrected chi connectivity index (χ0v) is 26.1. The van der Waals surface area contributed by atoms with Crippen LogP contribution in [0.3, 0.4) is 0 Å². The number of nitrogens with zero attached hydrogens (tertiary/aromatic N) is 1. The van der Waals surface area contributed by atoms with E-state index in [2.05, 4.69) is 66.7 Å². The third-order valence-electron chi connectivity index (χ3n) is 10.2. The summed E-state index contributed by atoms with van der Waals surface area (Å²) in [7, 11) is 0. The molecule has 1 aromatic heterocycles. The maximum atomic E-state index is 11.4. The highest BCUT2D eigenvalue weighted by Crippen LogP contribution is 2.58. The van der Waals surface area contributed by atoms with Gasteiger partial charge in [0.25, 0.3) is 0 Å². The molecule has 0 spiro atoms. The smallest absolute Gasteiger partial charge is 0.204 e. The first-order valence-electron chi connectivity index (χ1n) is 16.3. The van der Waals surface area contributed by atoms with Crippen molar-refractivity contribution in [2.24, 2.45) is 0 Å². The fourth-order valence-corrected chi connectivity index (χ4v) is 7.87. The summed E-state index contributed by atoms with van der Waals surface area (Å²) in [5, 5.41) is 54.4. The molecule has 0 amide bonds. The summed E-state index contributed by atoms with van der Waals surface area (Å²) in [6.45, 7) is 0. The van der Waals surface area contributed by atoms with Gasteiger partial charge in [-0.15, -0.1) is 0 Å². The van der Waals surface area contributed by atoms with Crippen molar-refractivity contribution in [3.05, 3.63) is 133 Å². The first-order valence-corrected chi connectivity index (χ1v) is 16.3. The third-order valence-corrected chi connectivity index (χ3v) is 10.2. The van der Waals surface area contributed by atoms with Crippen LogP contribution in [0.2, 0.25) is 0 Å². The fourth-order valence-electron chi connectivity index (χ4n) is 7.87. The number of aromatic hydroxyl groups is 4. The van der Waals surface area contributed by atoms with E-state index >= 15 is 0 Å². The molecule has 1 aliphatic carbocycles. The van der Waals surface area contributed by atoms with Gasteiger partial charge in [0.1, 0.15) is 0 Å². The van der Waals surface area contributed by atoms with Crippen molar-refractivity contribution in [3.8, 4) is 56.5 Å². The molecule has 9 aromatic rings. The van der Waals surface area contributed by atoms with E-state index in [1.807, 2.05) is 60.8 Å². The van der Waals surface area contributed by atoms with E-state index in [9.17, 15) is 20.4 Å². The molecule has 49 heavy (non-hydrogen) atoms. The van der Waals surface area contributed by atoms with Crippen LogP contribution in [0, 0.1) is 0 Å². The second kappa shape index (κ2) is 9.96. The van der Waals surface area contributed by atoms with Crippen LogP contribution in [0.15, 0.2) is 128 Å². The van der Waals surface area contributed by atoms with Gasteiger partial charge in [0.2, 0.25) is 11.5 Å². The Morgan fingerprint density at radius 2 is 0.980 bits per heavy atom. The number of allylic oxidation sites excluding steroid dienone is 2. The van der Waals surface area contributed by atoms with E-state index < -0.39 is 23.0 Å². The molecule has 0 aliphatic heterocycles. The number of fused-ring (bicyclic) bond motifs is 2. The quantitative estimate of drug-likeness (QED) is 0.0670. The maximum absolute atomic E-state index is 11.4. The highest BCUT2D eigenvalue weighted by atomic mass is 16.3. The number of hydrogen-bond acceptors (Lipinski definition) is 5. The summed E-state index contributed by atoms with van der Waals surface area (Å²) in [6.07, 6.45) is 4.47. The molecule has 10 rings (SSSR count). The van der Waals surface area contributed by atoms with E-state index in [0.717, 1.165) is 49.5 Å². The normalized spacial score (nSPS) is 12.9. The second-order valence-electron chi connectivity index (χ2n) is 12.8. The van der Waals surface area contributed by atoms with Crippen molar-refractivity contribution in [3.63, 3.8) is 0 Å². The zero-order chi connectivity index (χ0) is 33.0. The molecule has 1 aliphatic rings. The van der Waals surface area contributed by atoms with Gasteiger partial charge in [0, 0.05) is 34.0 Å². The van der Waals surface area contributed by atoms with Crippen LogP contribution >= 0.6 is 0 Å². The van der Waals surface area contributed by atoms with Gasteiger partial charge in [-0.2, -0.15) is 0 Å². The fraction of sp³-hybridized carbons (Fsp3) is 0.0227. The standard InChI is InChI=1S/C44H27NO4/c46-41-37(26-14-15-26)40(42(47)44(49)43(41)48)39-31-10-3-1-8-29(31)38(30-9-2-4-11-32(30)39)34-21-18-27(22-45-34)28-19-16-25-13-12-23-6-5-7-24-17-20-33(28)36(25)35(23)24/h1-14,16-22,46-49H,15H2. The molecule has 0 fully saturated rings. The Morgan fingerprint density at radius 1 is 0.429 bits per heavy atom. The average molecular weight is 634 g/mol. The molecule has 0 atom stereocenters. The second-order valence-corrected chi connectivity index (χ2v) is 12.8. The molecule has 0 saturated carbocycles. The predicted octanol–water partition coefficient (Wildman–Crippen LogP) is 10.9. The molecule has 8 aromatic carbocycles. The predicted molar refractivity (Wildman–Crippen MR) is 199 cm³/mol. The van der Waals surface area contributed by atoms with Gasteiger partial charge in [0.05, 0.1) is 5.69 Å². The van der Waals surface area contributed by atoms with Gasteiger partial charge in [-0.25, -0.2) is 0 Å². The molecule has 232 valence electrons. The monoisotopic (exact) mass is 633 g/mol. The van der Waals surface area contributed by atoms with Crippen LogP contribution in [-0.4, -0.2) is 25.4 Å². The Bertz CT molecular complexity index is 2810. The summed E-state index contributed by atoms with van der Waals surface area (Å²) < 4.78 is 0. The van der Waals surface area contributed by atoms with E-state index in [4.69, 9.17) is 4.98 Å². The molecular weight excluding hydrogens is 606 g/mol. The number of pyridine rings is 1. The summed E-state index contributed by atoms with van der Waals surface area (Å²) >= 11 is 0. The van der Waals surface area contributed by atoms with Crippen LogP contribution < -0.4 is 0 Å². The van der Waals surface area contributed by atoms with E-state index in [-0.39, 0.29) is 5.56 Å². The van der Waals surface area contributed by atoms with Crippen LogP contribution in [0.4, 0.5) is 0 Å². The lowest BCUT2D eigenvalue weighted by Gasteiger charge is -2.21. The molecule has 1 heterocycles. The topological polar surface area (TPSA) is 93.8 Å². The van der Waals surface area contributed by atoms with Gasteiger partial charge in [0.15, 0.2) is 11.5 Å². The van der Waals surface area contributed by atoms with Gasteiger partial charge >= 0.3 is 0 Å². The molecule has 0 bridgehead atoms. The van der Waals surface area contributed by atoms with Crippen LogP contribution in [0.25, 0.3) is 92.9 Å². The maximum Gasteiger partial charge on any atom is 0.204 e. The number of phenolic OH excluding ortho intramolecular Hbond substituents is 4. The Morgan fingerprint density at radius 3 is 1.57 bits per heavy atom. The minimum absolute atomic E-state index is 0.285. The number of rotatable bonds is 4. The molecule has 4 N–H and O–H groups in total. The lowest BCUT2D eigenvalue weighted by atomic mass is 9.84. The first-order chi connectivity index (χ1) is 24.0. The number of hydrogen-bond donors (Lipinski definition) is 4. The van der Waals surface area contributed by atoms with Crippen molar-refractivity contribution in [2.45, 2.75) is 6.42 Å². The first kappa shape index (κ1) is 27.5. The Balaban J connectivity index is 1.20. The Hall–Kier alpha value is -6.59. The number of aromatic nitrogens is 1. The van der Waals surface area contributed by atoms with Gasteiger partial charge in [-0.1, -0.05) is 115 Å². The van der Waals surface area contributed by atoms with Gasteiger partial charge in [-0.3, -0.25) is 4.98 Å². The summed E-state index contributed by atoms with van der Waals surface area (Å²) in [6, 6.07) is 39.6. The largest absolute Gasteiger partial charge is 0.504 e. The minimum atomic E-state index is -0.751. The lowest BCUT2D eigenvalue weighted by molar-refractivity contribution is 0.346. The van der Waals surface area contributed by atoms with E-state index in [1.165, 1.54) is 32.3 Å². The highest BCUT2D eigenvalue weighted by Gasteiger charge is 2.31. The van der Waals surface area contributed by atoms with Gasteiger partial charge < -0.3 is 20.4 Å². The van der Waals surface area contributed by atoms with E-state index in [0.29, 0.717) is 17.5 Å². The Kier molecular flexibility index (Phi) is 5.59. The van der Waals surface area contributed by atoms with Crippen molar-refractivity contribution in [1.82, 2.24) is 4.98 Å². The van der Waals surface area contributed by atoms with Crippen molar-refractivity contribution < 1.29 is 20.4 Å². The van der Waals surface area contributed by atoms with Crippen LogP contribution in [-0.2, 0) is 0 Å². The molecule has 0 saturated heterocycles. The zero-order valence-electron chi connectivity index (χ0n) is 26.1. The highest BCUT2D eigenvalue weighted by molar-refractivity contribution is 6.26. The molecule has 5 nitrogen and oxygen atoms in total. The minimum Gasteiger partial charge on any atom is -0.504 e. The molecule has 0 unspecified atom stereocenters.